The number of para-hydroxylation sites is 1. The van der Waals surface area contributed by atoms with Crippen molar-refractivity contribution in [2.45, 2.75) is 31.6 Å². The second-order valence-corrected chi connectivity index (χ2v) is 11.8. The van der Waals surface area contributed by atoms with Crippen LogP contribution in [0.1, 0.15) is 25.0 Å². The molecule has 1 amide bonds. The van der Waals surface area contributed by atoms with E-state index in [1.165, 1.54) is 28.6 Å². The fourth-order valence-corrected chi connectivity index (χ4v) is 6.10. The van der Waals surface area contributed by atoms with Gasteiger partial charge in [-0.2, -0.15) is 4.31 Å². The molecule has 1 heterocycles. The number of ether oxygens (including phenoxy) is 1. The van der Waals surface area contributed by atoms with Crippen molar-refractivity contribution in [1.29, 1.82) is 0 Å². The highest BCUT2D eigenvalue weighted by molar-refractivity contribution is 7.92. The zero-order valence-corrected chi connectivity index (χ0v) is 21.3. The van der Waals surface area contributed by atoms with E-state index in [1.807, 2.05) is 32.0 Å². The van der Waals surface area contributed by atoms with Crippen molar-refractivity contribution in [2.75, 3.05) is 48.7 Å². The first-order valence-electron chi connectivity index (χ1n) is 11.1. The van der Waals surface area contributed by atoms with Gasteiger partial charge in [0, 0.05) is 18.8 Å². The van der Waals surface area contributed by atoms with Gasteiger partial charge in [0.15, 0.2) is 0 Å². The Hall–Kier alpha value is -2.47. The van der Waals surface area contributed by atoms with Gasteiger partial charge >= 0.3 is 0 Å². The molecule has 11 heteroatoms. The van der Waals surface area contributed by atoms with E-state index in [4.69, 9.17) is 4.74 Å². The summed E-state index contributed by atoms with van der Waals surface area (Å²) in [6.07, 6.45) is 2.45. The molecule has 0 aliphatic carbocycles. The summed E-state index contributed by atoms with van der Waals surface area (Å²) in [6, 6.07) is 11.3. The molecule has 0 radical (unpaired) electrons. The lowest BCUT2D eigenvalue weighted by Crippen LogP contribution is -2.40. The third-order valence-electron chi connectivity index (χ3n) is 5.68. The van der Waals surface area contributed by atoms with Gasteiger partial charge in [0.2, 0.25) is 26.0 Å². The van der Waals surface area contributed by atoms with Gasteiger partial charge < -0.3 is 10.1 Å². The number of aryl methyl sites for hydroxylation is 2. The van der Waals surface area contributed by atoms with Gasteiger partial charge in [-0.3, -0.25) is 9.10 Å². The molecule has 3 rings (SSSR count). The summed E-state index contributed by atoms with van der Waals surface area (Å²) in [7, 11) is -7.52. The monoisotopic (exact) mass is 509 g/mol. The molecule has 2 aromatic carbocycles. The number of benzene rings is 2. The van der Waals surface area contributed by atoms with Crippen molar-refractivity contribution in [3.8, 4) is 0 Å². The van der Waals surface area contributed by atoms with Gasteiger partial charge in [0.05, 0.1) is 30.1 Å². The third-order valence-corrected chi connectivity index (χ3v) is 8.74. The van der Waals surface area contributed by atoms with Crippen LogP contribution in [-0.2, 0) is 42.4 Å². The fraction of sp³-hybridized carbons (Fsp3) is 0.435. The summed E-state index contributed by atoms with van der Waals surface area (Å²) in [6.45, 7) is 4.72. The lowest BCUT2D eigenvalue weighted by molar-refractivity contribution is -0.114. The Morgan fingerprint density at radius 2 is 1.53 bits per heavy atom. The lowest BCUT2D eigenvalue weighted by Gasteiger charge is -2.26. The smallest absolute Gasteiger partial charge is 0.245 e. The lowest BCUT2D eigenvalue weighted by atomic mass is 10.0. The SMILES string of the molecule is CCc1cccc(CC)c1NC(=O)CN(c1ccc(S(=O)(=O)N2CCOCC2)cc1)S(C)(=O)=O. The Labute approximate surface area is 201 Å². The topological polar surface area (TPSA) is 113 Å². The highest BCUT2D eigenvalue weighted by Crippen LogP contribution is 2.25. The summed E-state index contributed by atoms with van der Waals surface area (Å²) >= 11 is 0. The molecule has 9 nitrogen and oxygen atoms in total. The highest BCUT2D eigenvalue weighted by atomic mass is 32.2. The summed E-state index contributed by atoms with van der Waals surface area (Å²) < 4.78 is 58.2. The van der Waals surface area contributed by atoms with Gasteiger partial charge in [-0.15, -0.1) is 0 Å². The molecule has 0 atom stereocenters. The second kappa shape index (κ2) is 10.9. The number of nitrogens with zero attached hydrogens (tertiary/aromatic N) is 2. The maximum Gasteiger partial charge on any atom is 0.245 e. The zero-order valence-electron chi connectivity index (χ0n) is 19.7. The number of hydrogen-bond donors (Lipinski definition) is 1. The maximum absolute atomic E-state index is 12.9. The fourth-order valence-electron chi connectivity index (χ4n) is 3.83. The van der Waals surface area contributed by atoms with E-state index >= 15 is 0 Å². The number of amides is 1. The van der Waals surface area contributed by atoms with Crippen molar-refractivity contribution < 1.29 is 26.4 Å². The van der Waals surface area contributed by atoms with Crippen molar-refractivity contribution in [2.24, 2.45) is 0 Å². The van der Waals surface area contributed by atoms with Crippen LogP contribution in [0.3, 0.4) is 0 Å². The second-order valence-electron chi connectivity index (χ2n) is 7.99. The Bertz CT molecular complexity index is 1200. The van der Waals surface area contributed by atoms with Crippen molar-refractivity contribution in [3.05, 3.63) is 53.6 Å². The van der Waals surface area contributed by atoms with E-state index < -0.39 is 32.5 Å². The summed E-state index contributed by atoms with van der Waals surface area (Å²) in [5, 5.41) is 2.87. The van der Waals surface area contributed by atoms with Crippen molar-refractivity contribution >= 4 is 37.3 Å². The number of nitrogens with one attached hydrogen (secondary N) is 1. The average molecular weight is 510 g/mol. The van der Waals surface area contributed by atoms with Crippen LogP contribution >= 0.6 is 0 Å². The predicted molar refractivity (Wildman–Crippen MR) is 132 cm³/mol. The normalized spacial score (nSPS) is 15.1. The number of carbonyl (C=O) groups is 1. The van der Waals surface area contributed by atoms with Crippen LogP contribution in [-0.4, -0.2) is 66.2 Å². The van der Waals surface area contributed by atoms with Crippen LogP contribution in [0, 0.1) is 0 Å². The first-order chi connectivity index (χ1) is 16.1. The molecule has 1 saturated heterocycles. The molecule has 0 aromatic heterocycles. The molecule has 2 aromatic rings. The molecule has 0 spiro atoms. The maximum atomic E-state index is 12.9. The molecule has 1 N–H and O–H groups in total. The standard InChI is InChI=1S/C23H31N3O6S2/c1-4-18-7-6-8-19(5-2)23(18)24-22(27)17-26(33(3,28)29)20-9-11-21(12-10-20)34(30,31)25-13-15-32-16-14-25/h6-12H,4-5,13-17H2,1-3H3,(H,24,27). The first kappa shape index (κ1) is 26.1. The van der Waals surface area contributed by atoms with Crippen LogP contribution in [0.2, 0.25) is 0 Å². The van der Waals surface area contributed by atoms with E-state index in [0.717, 1.165) is 34.5 Å². The van der Waals surface area contributed by atoms with Gasteiger partial charge in [0.25, 0.3) is 0 Å². The van der Waals surface area contributed by atoms with Gasteiger partial charge in [-0.05, 0) is 48.2 Å². The molecule has 186 valence electrons. The average Bonchev–Trinajstić information content (AvgIpc) is 2.82. The number of sulfonamides is 2. The Morgan fingerprint density at radius 1 is 0.971 bits per heavy atom. The molecule has 1 aliphatic rings. The van der Waals surface area contributed by atoms with Gasteiger partial charge in [-0.1, -0.05) is 32.0 Å². The number of anilines is 2. The van der Waals surface area contributed by atoms with Crippen molar-refractivity contribution in [3.63, 3.8) is 0 Å². The third kappa shape index (κ3) is 5.96. The van der Waals surface area contributed by atoms with Crippen LogP contribution < -0.4 is 9.62 Å². The summed E-state index contributed by atoms with van der Waals surface area (Å²) in [4.78, 5) is 12.9. The molecule has 1 aliphatic heterocycles. The molecular formula is C23H31N3O6S2. The zero-order chi connectivity index (χ0) is 24.9. The van der Waals surface area contributed by atoms with Crippen molar-refractivity contribution in [1.82, 2.24) is 4.31 Å². The van der Waals surface area contributed by atoms with E-state index in [2.05, 4.69) is 5.32 Å². The minimum Gasteiger partial charge on any atom is -0.379 e. The molecule has 0 bridgehead atoms. The summed E-state index contributed by atoms with van der Waals surface area (Å²) in [5.41, 5.74) is 2.85. The number of rotatable bonds is 9. The molecule has 0 unspecified atom stereocenters. The number of carbonyl (C=O) groups excluding carboxylic acids is 1. The quantitative estimate of drug-likeness (QED) is 0.555. The van der Waals surface area contributed by atoms with E-state index in [9.17, 15) is 21.6 Å². The Kier molecular flexibility index (Phi) is 8.34. The minimum atomic E-state index is -3.81. The minimum absolute atomic E-state index is 0.0560. The molecule has 1 fully saturated rings. The molecular weight excluding hydrogens is 478 g/mol. The molecule has 0 saturated carbocycles. The van der Waals surface area contributed by atoms with Crippen LogP contribution in [0.5, 0.6) is 0 Å². The van der Waals surface area contributed by atoms with E-state index in [0.29, 0.717) is 18.9 Å². The van der Waals surface area contributed by atoms with E-state index in [1.54, 1.807) is 0 Å². The van der Waals surface area contributed by atoms with Crippen LogP contribution in [0.25, 0.3) is 0 Å². The van der Waals surface area contributed by atoms with Crippen LogP contribution in [0.4, 0.5) is 11.4 Å². The summed E-state index contributed by atoms with van der Waals surface area (Å²) in [5.74, 6) is -0.481. The first-order valence-corrected chi connectivity index (χ1v) is 14.4. The van der Waals surface area contributed by atoms with Crippen LogP contribution in [0.15, 0.2) is 47.4 Å². The van der Waals surface area contributed by atoms with Gasteiger partial charge in [-0.25, -0.2) is 16.8 Å². The number of hydrogen-bond acceptors (Lipinski definition) is 6. The Balaban J connectivity index is 1.83. The largest absolute Gasteiger partial charge is 0.379 e. The predicted octanol–water partition coefficient (Wildman–Crippen LogP) is 2.24. The van der Waals surface area contributed by atoms with E-state index in [-0.39, 0.29) is 23.7 Å². The highest BCUT2D eigenvalue weighted by Gasteiger charge is 2.27. The molecule has 34 heavy (non-hydrogen) atoms. The number of morpholine rings is 1. The Morgan fingerprint density at radius 3 is 2.03 bits per heavy atom. The van der Waals surface area contributed by atoms with Gasteiger partial charge in [0.1, 0.15) is 6.54 Å².